The molecule has 1 N–H and O–H groups in total. The third-order valence-electron chi connectivity index (χ3n) is 4.38. The second-order valence-corrected chi connectivity index (χ2v) is 5.86. The van der Waals surface area contributed by atoms with Gasteiger partial charge in [0.25, 0.3) is 5.56 Å². The largest absolute Gasteiger partial charge is 0.497 e. The summed E-state index contributed by atoms with van der Waals surface area (Å²) >= 11 is 0. The number of aromatic nitrogens is 2. The number of nitrogens with zero attached hydrogens (tertiary/aromatic N) is 2. The first kappa shape index (κ1) is 15.6. The van der Waals surface area contributed by atoms with Crippen molar-refractivity contribution in [2.75, 3.05) is 20.2 Å². The van der Waals surface area contributed by atoms with Crippen LogP contribution in [0.25, 0.3) is 0 Å². The van der Waals surface area contributed by atoms with E-state index in [2.05, 4.69) is 16.0 Å². The van der Waals surface area contributed by atoms with Crippen LogP contribution in [-0.2, 0) is 6.54 Å². The highest BCUT2D eigenvalue weighted by molar-refractivity contribution is 5.31. The first-order valence-electron chi connectivity index (χ1n) is 7.77. The minimum absolute atomic E-state index is 0.246. The van der Waals surface area contributed by atoms with Gasteiger partial charge in [-0.25, -0.2) is 4.79 Å². The number of benzene rings is 1. The number of hydrogen-bond acceptors (Lipinski definition) is 4. The molecule has 1 saturated heterocycles. The summed E-state index contributed by atoms with van der Waals surface area (Å²) < 4.78 is 6.53. The summed E-state index contributed by atoms with van der Waals surface area (Å²) in [7, 11) is 1.66. The normalized spacial score (nSPS) is 17.7. The standard InChI is InChI=1S/C17H21N3O3/c1-12-10-16(21)20(17(22)18-12)9-8-19-7-6-15(19)13-4-3-5-14(11-13)23-2/h3-5,10-11,15H,6-9H2,1-2H3,(H,18,22). The van der Waals surface area contributed by atoms with Gasteiger partial charge < -0.3 is 9.72 Å². The Morgan fingerprint density at radius 1 is 1.26 bits per heavy atom. The van der Waals surface area contributed by atoms with Gasteiger partial charge in [-0.2, -0.15) is 0 Å². The van der Waals surface area contributed by atoms with Crippen molar-refractivity contribution in [3.8, 4) is 5.75 Å². The molecule has 23 heavy (non-hydrogen) atoms. The van der Waals surface area contributed by atoms with Crippen LogP contribution in [0, 0.1) is 6.92 Å². The van der Waals surface area contributed by atoms with Gasteiger partial charge in [0.1, 0.15) is 5.75 Å². The Hall–Kier alpha value is -2.34. The summed E-state index contributed by atoms with van der Waals surface area (Å²) in [6.45, 7) is 3.75. The lowest BCUT2D eigenvalue weighted by atomic mass is 9.94. The number of hydrogen-bond donors (Lipinski definition) is 1. The van der Waals surface area contributed by atoms with E-state index >= 15 is 0 Å². The summed E-state index contributed by atoms with van der Waals surface area (Å²) in [6.07, 6.45) is 1.08. The van der Waals surface area contributed by atoms with E-state index in [-0.39, 0.29) is 11.2 Å². The third kappa shape index (κ3) is 3.22. The predicted molar refractivity (Wildman–Crippen MR) is 88.0 cm³/mol. The monoisotopic (exact) mass is 315 g/mol. The number of likely N-dealkylation sites (tertiary alicyclic amines) is 1. The van der Waals surface area contributed by atoms with Crippen LogP contribution in [0.5, 0.6) is 5.75 Å². The van der Waals surface area contributed by atoms with Gasteiger partial charge in [-0.15, -0.1) is 0 Å². The Balaban J connectivity index is 1.70. The molecule has 1 aromatic carbocycles. The van der Waals surface area contributed by atoms with E-state index in [9.17, 15) is 9.59 Å². The molecule has 6 nitrogen and oxygen atoms in total. The molecule has 6 heteroatoms. The minimum Gasteiger partial charge on any atom is -0.497 e. The molecule has 0 amide bonds. The summed E-state index contributed by atoms with van der Waals surface area (Å²) in [4.78, 5) is 28.8. The molecule has 1 aliphatic heterocycles. The van der Waals surface area contributed by atoms with E-state index in [1.165, 1.54) is 16.2 Å². The summed E-state index contributed by atoms with van der Waals surface area (Å²) in [5.41, 5.74) is 1.22. The molecule has 0 aliphatic carbocycles. The average Bonchev–Trinajstić information content (AvgIpc) is 2.49. The number of nitrogens with one attached hydrogen (secondary N) is 1. The van der Waals surface area contributed by atoms with E-state index in [1.54, 1.807) is 14.0 Å². The molecule has 3 rings (SSSR count). The molecule has 1 atom stereocenters. The highest BCUT2D eigenvalue weighted by Crippen LogP contribution is 2.34. The fourth-order valence-corrected chi connectivity index (χ4v) is 3.01. The smallest absolute Gasteiger partial charge is 0.328 e. The Morgan fingerprint density at radius 2 is 2.09 bits per heavy atom. The Bertz CT molecular complexity index is 778. The number of aromatic amines is 1. The van der Waals surface area contributed by atoms with Gasteiger partial charge in [-0.05, 0) is 31.0 Å². The van der Waals surface area contributed by atoms with Crippen molar-refractivity contribution in [2.24, 2.45) is 0 Å². The summed E-state index contributed by atoms with van der Waals surface area (Å²) in [6, 6.07) is 9.83. The van der Waals surface area contributed by atoms with Gasteiger partial charge in [0.05, 0.1) is 7.11 Å². The van der Waals surface area contributed by atoms with Crippen molar-refractivity contribution < 1.29 is 4.74 Å². The van der Waals surface area contributed by atoms with Gasteiger partial charge in [0.2, 0.25) is 0 Å². The van der Waals surface area contributed by atoms with Crippen molar-refractivity contribution in [1.29, 1.82) is 0 Å². The second-order valence-electron chi connectivity index (χ2n) is 5.86. The fraction of sp³-hybridized carbons (Fsp3) is 0.412. The fourth-order valence-electron chi connectivity index (χ4n) is 3.01. The zero-order valence-corrected chi connectivity index (χ0v) is 13.4. The Morgan fingerprint density at radius 3 is 2.74 bits per heavy atom. The molecule has 1 aromatic heterocycles. The highest BCUT2D eigenvalue weighted by Gasteiger charge is 2.29. The average molecular weight is 315 g/mol. The van der Waals surface area contributed by atoms with E-state index in [4.69, 9.17) is 4.74 Å². The van der Waals surface area contributed by atoms with Gasteiger partial charge in [0.15, 0.2) is 0 Å². The van der Waals surface area contributed by atoms with Crippen LogP contribution in [0.15, 0.2) is 39.9 Å². The quantitative estimate of drug-likeness (QED) is 0.903. The lowest BCUT2D eigenvalue weighted by Gasteiger charge is -2.41. The number of ether oxygens (including phenoxy) is 1. The summed E-state index contributed by atoms with van der Waals surface area (Å²) in [5.74, 6) is 0.848. The number of rotatable bonds is 5. The van der Waals surface area contributed by atoms with E-state index in [0.29, 0.717) is 24.8 Å². The molecule has 1 fully saturated rings. The van der Waals surface area contributed by atoms with Crippen LogP contribution in [0.1, 0.15) is 23.7 Å². The molecule has 2 heterocycles. The van der Waals surface area contributed by atoms with Crippen molar-refractivity contribution >= 4 is 0 Å². The van der Waals surface area contributed by atoms with Crippen LogP contribution < -0.4 is 16.0 Å². The molecule has 122 valence electrons. The molecule has 2 aromatic rings. The van der Waals surface area contributed by atoms with Crippen LogP contribution in [0.4, 0.5) is 0 Å². The van der Waals surface area contributed by atoms with Gasteiger partial charge in [-0.3, -0.25) is 14.3 Å². The van der Waals surface area contributed by atoms with Crippen molar-refractivity contribution in [3.63, 3.8) is 0 Å². The number of H-pyrrole nitrogens is 1. The molecule has 0 bridgehead atoms. The predicted octanol–water partition coefficient (Wildman–Crippen LogP) is 1.30. The number of aryl methyl sites for hydroxylation is 1. The third-order valence-corrected chi connectivity index (χ3v) is 4.38. The maximum absolute atomic E-state index is 11.9. The number of methoxy groups -OCH3 is 1. The van der Waals surface area contributed by atoms with E-state index < -0.39 is 0 Å². The first-order chi connectivity index (χ1) is 11.1. The zero-order chi connectivity index (χ0) is 16.4. The molecular weight excluding hydrogens is 294 g/mol. The van der Waals surface area contributed by atoms with Crippen molar-refractivity contribution in [2.45, 2.75) is 25.9 Å². The van der Waals surface area contributed by atoms with Crippen LogP contribution in [0.3, 0.4) is 0 Å². The highest BCUT2D eigenvalue weighted by atomic mass is 16.5. The van der Waals surface area contributed by atoms with Crippen molar-refractivity contribution in [3.05, 3.63) is 62.4 Å². The van der Waals surface area contributed by atoms with Crippen molar-refractivity contribution in [1.82, 2.24) is 14.5 Å². The molecule has 0 radical (unpaired) electrons. The maximum atomic E-state index is 11.9. The minimum atomic E-state index is -0.339. The Kier molecular flexibility index (Phi) is 4.34. The van der Waals surface area contributed by atoms with Gasteiger partial charge >= 0.3 is 5.69 Å². The second kappa shape index (κ2) is 6.42. The molecule has 0 spiro atoms. The topological polar surface area (TPSA) is 67.3 Å². The first-order valence-corrected chi connectivity index (χ1v) is 7.77. The lowest BCUT2D eigenvalue weighted by molar-refractivity contribution is 0.0853. The lowest BCUT2D eigenvalue weighted by Crippen LogP contribution is -2.45. The summed E-state index contributed by atoms with van der Waals surface area (Å²) in [5, 5.41) is 0. The van der Waals surface area contributed by atoms with Crippen LogP contribution in [-0.4, -0.2) is 34.7 Å². The molecule has 1 aliphatic rings. The van der Waals surface area contributed by atoms with E-state index in [0.717, 1.165) is 18.7 Å². The van der Waals surface area contributed by atoms with E-state index in [1.807, 2.05) is 18.2 Å². The zero-order valence-electron chi connectivity index (χ0n) is 13.4. The van der Waals surface area contributed by atoms with Crippen LogP contribution >= 0.6 is 0 Å². The molecular formula is C17H21N3O3. The maximum Gasteiger partial charge on any atom is 0.328 e. The molecule has 0 saturated carbocycles. The Labute approximate surface area is 134 Å². The SMILES string of the molecule is COc1cccc(C2CCN2CCn2c(=O)cc(C)[nH]c2=O)c1. The molecule has 1 unspecified atom stereocenters. The van der Waals surface area contributed by atoms with Crippen LogP contribution in [0.2, 0.25) is 0 Å². The van der Waals surface area contributed by atoms with Gasteiger partial charge in [0, 0.05) is 37.4 Å². The van der Waals surface area contributed by atoms with Gasteiger partial charge in [-0.1, -0.05) is 12.1 Å².